The van der Waals surface area contributed by atoms with Crippen molar-refractivity contribution in [3.63, 3.8) is 0 Å². The van der Waals surface area contributed by atoms with Crippen molar-refractivity contribution >= 4 is 22.6 Å². The van der Waals surface area contributed by atoms with Crippen LogP contribution in [-0.4, -0.2) is 15.9 Å². The molecule has 35 heavy (non-hydrogen) atoms. The second-order valence-electron chi connectivity index (χ2n) is 8.24. The second-order valence-corrected chi connectivity index (χ2v) is 8.24. The lowest BCUT2D eigenvalue weighted by atomic mass is 9.98. The van der Waals surface area contributed by atoms with Crippen molar-refractivity contribution in [2.75, 3.05) is 5.32 Å². The van der Waals surface area contributed by atoms with Crippen molar-refractivity contribution in [2.24, 2.45) is 0 Å². The first-order valence-electron chi connectivity index (χ1n) is 10.9. The van der Waals surface area contributed by atoms with Gasteiger partial charge in [-0.3, -0.25) is 4.79 Å². The highest BCUT2D eigenvalue weighted by Crippen LogP contribution is 2.31. The number of H-pyrrole nitrogens is 1. The predicted octanol–water partition coefficient (Wildman–Crippen LogP) is 7.48. The molecule has 0 unspecified atom stereocenters. The minimum atomic E-state index is -4.38. The van der Waals surface area contributed by atoms with Gasteiger partial charge in [0, 0.05) is 16.8 Å². The topological polar surface area (TPSA) is 57.8 Å². The molecule has 0 saturated heterocycles. The van der Waals surface area contributed by atoms with Crippen LogP contribution < -0.4 is 5.32 Å². The van der Waals surface area contributed by atoms with Gasteiger partial charge in [0.25, 0.3) is 5.91 Å². The van der Waals surface area contributed by atoms with E-state index in [9.17, 15) is 18.0 Å². The van der Waals surface area contributed by atoms with Crippen LogP contribution in [0.3, 0.4) is 0 Å². The highest BCUT2D eigenvalue weighted by Gasteiger charge is 2.30. The minimum absolute atomic E-state index is 0.275. The van der Waals surface area contributed by atoms with Crippen molar-refractivity contribution < 1.29 is 18.0 Å². The summed E-state index contributed by atoms with van der Waals surface area (Å²) in [5, 5.41) is 2.92. The summed E-state index contributed by atoms with van der Waals surface area (Å²) in [6.45, 7) is 1.80. The molecule has 0 fully saturated rings. The monoisotopic (exact) mass is 471 g/mol. The molecule has 0 radical (unpaired) electrons. The lowest BCUT2D eigenvalue weighted by molar-refractivity contribution is -0.137. The van der Waals surface area contributed by atoms with E-state index in [1.165, 1.54) is 12.1 Å². The van der Waals surface area contributed by atoms with Crippen LogP contribution >= 0.6 is 0 Å². The average molecular weight is 471 g/mol. The van der Waals surface area contributed by atoms with Crippen LogP contribution in [0.5, 0.6) is 0 Å². The fourth-order valence-electron chi connectivity index (χ4n) is 3.98. The number of aryl methyl sites for hydroxylation is 1. The number of halogens is 3. The molecule has 1 heterocycles. The number of hydrogen-bond acceptors (Lipinski definition) is 2. The Hall–Kier alpha value is -4.39. The van der Waals surface area contributed by atoms with Crippen LogP contribution in [0.4, 0.5) is 18.9 Å². The molecule has 2 N–H and O–H groups in total. The molecule has 0 spiro atoms. The van der Waals surface area contributed by atoms with E-state index in [1.807, 2.05) is 42.5 Å². The highest BCUT2D eigenvalue weighted by molar-refractivity contribution is 6.05. The molecule has 0 atom stereocenters. The number of alkyl halides is 3. The molecule has 7 heteroatoms. The number of para-hydroxylation sites is 2. The fraction of sp³-hybridized carbons (Fsp3) is 0.0714. The molecule has 5 aromatic rings. The Morgan fingerprint density at radius 1 is 0.829 bits per heavy atom. The Labute approximate surface area is 199 Å². The molecule has 0 saturated carbocycles. The van der Waals surface area contributed by atoms with Gasteiger partial charge in [0.05, 0.1) is 16.6 Å². The first-order valence-corrected chi connectivity index (χ1v) is 10.9. The van der Waals surface area contributed by atoms with E-state index in [0.29, 0.717) is 28.2 Å². The summed E-state index contributed by atoms with van der Waals surface area (Å²) < 4.78 is 38.5. The second kappa shape index (κ2) is 8.76. The molecular formula is C28H20F3N3O. The van der Waals surface area contributed by atoms with Crippen LogP contribution in [0, 0.1) is 6.92 Å². The van der Waals surface area contributed by atoms with Gasteiger partial charge in [0.1, 0.15) is 5.82 Å². The zero-order valence-electron chi connectivity index (χ0n) is 18.6. The number of carbonyl (C=O) groups excluding carboxylic acids is 1. The van der Waals surface area contributed by atoms with E-state index in [4.69, 9.17) is 0 Å². The van der Waals surface area contributed by atoms with Crippen molar-refractivity contribution in [3.8, 4) is 22.5 Å². The molecule has 0 aliphatic carbocycles. The number of nitrogens with one attached hydrogen (secondary N) is 2. The first-order chi connectivity index (χ1) is 16.8. The smallest absolute Gasteiger partial charge is 0.338 e. The molecule has 0 aliphatic rings. The third-order valence-electron chi connectivity index (χ3n) is 5.80. The number of benzene rings is 4. The summed E-state index contributed by atoms with van der Waals surface area (Å²) in [7, 11) is 0. The van der Waals surface area contributed by atoms with Gasteiger partial charge in [-0.1, -0.05) is 48.5 Å². The summed E-state index contributed by atoms with van der Waals surface area (Å²) in [5.74, 6) is 0.433. The molecule has 4 aromatic carbocycles. The number of rotatable bonds is 4. The van der Waals surface area contributed by atoms with E-state index in [1.54, 1.807) is 31.2 Å². The molecule has 1 aromatic heterocycles. The normalized spacial score (nSPS) is 11.5. The SMILES string of the molecule is Cc1cc(-c2ccc(C(F)(F)F)cc2)ccc1C(=O)Nc1cccc(-c2nc3ccccc3[nH]2)c1. The Balaban J connectivity index is 1.35. The molecule has 4 nitrogen and oxygen atoms in total. The van der Waals surface area contributed by atoms with Crippen LogP contribution in [0.25, 0.3) is 33.5 Å². The summed E-state index contributed by atoms with van der Waals surface area (Å²) in [6.07, 6.45) is -4.38. The molecule has 174 valence electrons. The van der Waals surface area contributed by atoms with Gasteiger partial charge < -0.3 is 10.3 Å². The van der Waals surface area contributed by atoms with Crippen LogP contribution in [0.2, 0.25) is 0 Å². The zero-order valence-corrected chi connectivity index (χ0v) is 18.6. The van der Waals surface area contributed by atoms with Crippen molar-refractivity contribution in [1.29, 1.82) is 0 Å². The minimum Gasteiger partial charge on any atom is -0.338 e. The third-order valence-corrected chi connectivity index (χ3v) is 5.80. The Kier molecular flexibility index (Phi) is 5.61. The summed E-state index contributed by atoms with van der Waals surface area (Å²) in [4.78, 5) is 20.8. The van der Waals surface area contributed by atoms with Gasteiger partial charge in [0.15, 0.2) is 0 Å². The molecule has 0 bridgehead atoms. The summed E-state index contributed by atoms with van der Waals surface area (Å²) in [5.41, 5.74) is 5.14. The van der Waals surface area contributed by atoms with Crippen molar-refractivity contribution in [1.82, 2.24) is 9.97 Å². The van der Waals surface area contributed by atoms with Gasteiger partial charge in [0.2, 0.25) is 0 Å². The fourth-order valence-corrected chi connectivity index (χ4v) is 3.98. The number of aromatic nitrogens is 2. The number of aromatic amines is 1. The highest BCUT2D eigenvalue weighted by atomic mass is 19.4. The number of amides is 1. The maximum absolute atomic E-state index is 13.0. The van der Waals surface area contributed by atoms with E-state index in [-0.39, 0.29) is 5.91 Å². The van der Waals surface area contributed by atoms with E-state index >= 15 is 0 Å². The van der Waals surface area contributed by atoms with Gasteiger partial charge in [-0.2, -0.15) is 13.2 Å². The van der Waals surface area contributed by atoms with E-state index in [0.717, 1.165) is 34.3 Å². The van der Waals surface area contributed by atoms with Gasteiger partial charge >= 0.3 is 6.18 Å². The van der Waals surface area contributed by atoms with Crippen molar-refractivity contribution in [2.45, 2.75) is 13.1 Å². The standard InChI is InChI=1S/C28H20F3N3O/c1-17-15-19(18-9-12-21(13-10-18)28(29,30)31)11-14-23(17)27(35)32-22-6-4-5-20(16-22)26-33-24-7-2-3-8-25(24)34-26/h2-16H,1H3,(H,32,35)(H,33,34). The van der Waals surface area contributed by atoms with Crippen LogP contribution in [-0.2, 0) is 6.18 Å². The number of fused-ring (bicyclic) bond motifs is 1. The van der Waals surface area contributed by atoms with Crippen molar-refractivity contribution in [3.05, 3.63) is 108 Å². The molecular weight excluding hydrogens is 451 g/mol. The maximum atomic E-state index is 13.0. The Morgan fingerprint density at radius 2 is 1.57 bits per heavy atom. The van der Waals surface area contributed by atoms with Crippen LogP contribution in [0.1, 0.15) is 21.5 Å². The summed E-state index contributed by atoms with van der Waals surface area (Å²) in [6, 6.07) is 25.3. The number of anilines is 1. The third kappa shape index (κ3) is 4.66. The average Bonchev–Trinajstić information content (AvgIpc) is 3.28. The number of carbonyl (C=O) groups is 1. The van der Waals surface area contributed by atoms with E-state index < -0.39 is 11.7 Å². The predicted molar refractivity (Wildman–Crippen MR) is 131 cm³/mol. The largest absolute Gasteiger partial charge is 0.416 e. The number of nitrogens with zero attached hydrogens (tertiary/aromatic N) is 1. The molecule has 1 amide bonds. The lowest BCUT2D eigenvalue weighted by Crippen LogP contribution is -2.13. The van der Waals surface area contributed by atoms with Gasteiger partial charge in [-0.05, 0) is 66.1 Å². The Morgan fingerprint density at radius 3 is 2.29 bits per heavy atom. The zero-order chi connectivity index (χ0) is 24.6. The molecule has 0 aliphatic heterocycles. The number of hydrogen-bond donors (Lipinski definition) is 2. The van der Waals surface area contributed by atoms with E-state index in [2.05, 4.69) is 15.3 Å². The Bertz CT molecular complexity index is 1500. The first kappa shape index (κ1) is 22.4. The van der Waals surface area contributed by atoms with Gasteiger partial charge in [-0.15, -0.1) is 0 Å². The number of imidazole rings is 1. The van der Waals surface area contributed by atoms with Gasteiger partial charge in [-0.25, -0.2) is 4.98 Å². The summed E-state index contributed by atoms with van der Waals surface area (Å²) >= 11 is 0. The quantitative estimate of drug-likeness (QED) is 0.286. The van der Waals surface area contributed by atoms with Crippen LogP contribution in [0.15, 0.2) is 91.0 Å². The molecule has 5 rings (SSSR count). The maximum Gasteiger partial charge on any atom is 0.416 e. The lowest BCUT2D eigenvalue weighted by Gasteiger charge is -2.11.